The first-order valence-corrected chi connectivity index (χ1v) is 48.0. The van der Waals surface area contributed by atoms with E-state index in [-0.39, 0.29) is 25.7 Å². The van der Waals surface area contributed by atoms with E-state index in [2.05, 4.69) is 41.5 Å². The van der Waals surface area contributed by atoms with Crippen molar-refractivity contribution in [1.29, 1.82) is 0 Å². The van der Waals surface area contributed by atoms with Gasteiger partial charge in [0.15, 0.2) is 12.2 Å². The highest BCUT2D eigenvalue weighted by atomic mass is 31.2. The van der Waals surface area contributed by atoms with Crippen LogP contribution in [0.15, 0.2) is 0 Å². The third-order valence-electron chi connectivity index (χ3n) is 20.8. The lowest BCUT2D eigenvalue weighted by Gasteiger charge is -2.21. The quantitative estimate of drug-likeness (QED) is 0.0222. The summed E-state index contributed by atoms with van der Waals surface area (Å²) in [5.41, 5.74) is 0. The van der Waals surface area contributed by atoms with Crippen LogP contribution in [-0.4, -0.2) is 96.7 Å². The lowest BCUT2D eigenvalue weighted by Crippen LogP contribution is -2.30. The summed E-state index contributed by atoms with van der Waals surface area (Å²) in [7, 11) is -9.93. The van der Waals surface area contributed by atoms with Gasteiger partial charge in [-0.05, 0) is 37.5 Å². The van der Waals surface area contributed by atoms with Gasteiger partial charge in [0.05, 0.1) is 26.4 Å². The van der Waals surface area contributed by atoms with E-state index in [1.807, 2.05) is 0 Å². The van der Waals surface area contributed by atoms with Gasteiger partial charge in [0.25, 0.3) is 0 Å². The number of carbonyl (C=O) groups is 4. The molecule has 106 heavy (non-hydrogen) atoms. The van der Waals surface area contributed by atoms with Crippen molar-refractivity contribution in [2.45, 2.75) is 484 Å². The standard InChI is InChI=1S/C87H170O17P2/c1-7-10-12-14-16-18-20-22-34-41-47-53-59-65-71-86(91)103-82(75-97-84(89)69-63-57-51-45-39-21-19-17-15-13-11-8-2)77-101-105(93,94)99-73-81(88)74-100-106(95,96)102-78-83(76-98-85(90)70-64-58-52-46-40-35-31-27-28-32-37-43-49-55-61-67-79(4)5)104-87(92)72-66-60-54-48-42-36-30-26-24-23-25-29-33-38-44-50-56-62-68-80(6)9-3/h79-83,88H,7-78H2,1-6H3,(H,93,94)(H,95,96)/t80?,81-,82+,83+/m0/s1. The fourth-order valence-electron chi connectivity index (χ4n) is 13.6. The first-order chi connectivity index (χ1) is 51.4. The summed E-state index contributed by atoms with van der Waals surface area (Å²) in [6.45, 7) is 9.78. The molecule has 17 nitrogen and oxygen atoms in total. The highest BCUT2D eigenvalue weighted by Crippen LogP contribution is 2.45. The maximum atomic E-state index is 13.2. The van der Waals surface area contributed by atoms with E-state index in [0.717, 1.165) is 102 Å². The van der Waals surface area contributed by atoms with Crippen molar-refractivity contribution < 1.29 is 80.2 Å². The number of carbonyl (C=O) groups excluding carboxylic acids is 4. The average molecular weight is 1550 g/mol. The molecule has 0 aromatic rings. The SMILES string of the molecule is CCCCCCCCCCCCCCCCC(=O)O[C@H](COC(=O)CCCCCCCCCCCCCC)COP(=O)(O)OC[C@H](O)COP(=O)(O)OC[C@@H](COC(=O)CCCCCCCCCCCCCCCCCC(C)C)OC(=O)CCCCCCCCCCCCCCCCCCCCC(C)CC. The molecule has 0 saturated heterocycles. The number of hydrogen-bond donors (Lipinski definition) is 3. The van der Waals surface area contributed by atoms with Crippen LogP contribution < -0.4 is 0 Å². The Kier molecular flexibility index (Phi) is 76.9. The molecule has 19 heteroatoms. The highest BCUT2D eigenvalue weighted by molar-refractivity contribution is 7.47. The van der Waals surface area contributed by atoms with E-state index in [9.17, 15) is 43.2 Å². The number of phosphoric ester groups is 2. The summed E-state index contributed by atoms with van der Waals surface area (Å²) >= 11 is 0. The molecule has 0 radical (unpaired) electrons. The van der Waals surface area contributed by atoms with Crippen molar-refractivity contribution >= 4 is 39.5 Å². The highest BCUT2D eigenvalue weighted by Gasteiger charge is 2.30. The zero-order valence-electron chi connectivity index (χ0n) is 69.7. The van der Waals surface area contributed by atoms with Crippen LogP contribution in [0.4, 0.5) is 0 Å². The molecular weight excluding hydrogens is 1380 g/mol. The van der Waals surface area contributed by atoms with Crippen LogP contribution in [0.25, 0.3) is 0 Å². The number of rotatable bonds is 86. The molecule has 0 heterocycles. The molecule has 0 saturated carbocycles. The molecule has 0 bridgehead atoms. The minimum Gasteiger partial charge on any atom is -0.462 e. The van der Waals surface area contributed by atoms with Gasteiger partial charge >= 0.3 is 39.5 Å². The monoisotopic (exact) mass is 1550 g/mol. The van der Waals surface area contributed by atoms with Crippen molar-refractivity contribution in [3.8, 4) is 0 Å². The number of aliphatic hydroxyl groups is 1. The summed E-state index contributed by atoms with van der Waals surface area (Å²) in [5.74, 6) is -0.421. The predicted molar refractivity (Wildman–Crippen MR) is 437 cm³/mol. The van der Waals surface area contributed by atoms with E-state index in [1.54, 1.807) is 0 Å². The number of unbranched alkanes of at least 4 members (excludes halogenated alkanes) is 55. The van der Waals surface area contributed by atoms with Gasteiger partial charge < -0.3 is 33.8 Å². The van der Waals surface area contributed by atoms with Gasteiger partial charge in [-0.1, -0.05) is 414 Å². The predicted octanol–water partition coefficient (Wildman–Crippen LogP) is 26.6. The molecule has 0 spiro atoms. The van der Waals surface area contributed by atoms with Gasteiger partial charge in [0.1, 0.15) is 19.3 Å². The molecule has 6 atom stereocenters. The lowest BCUT2D eigenvalue weighted by atomic mass is 9.99. The lowest BCUT2D eigenvalue weighted by molar-refractivity contribution is -0.161. The number of phosphoric acid groups is 2. The van der Waals surface area contributed by atoms with Crippen LogP contribution in [0.3, 0.4) is 0 Å². The second-order valence-corrected chi connectivity index (χ2v) is 34.9. The Labute approximate surface area is 651 Å². The zero-order valence-corrected chi connectivity index (χ0v) is 71.5. The van der Waals surface area contributed by atoms with Crippen LogP contribution in [0.2, 0.25) is 0 Å². The summed E-state index contributed by atoms with van der Waals surface area (Å²) < 4.78 is 68.9. The van der Waals surface area contributed by atoms with Gasteiger partial charge in [0, 0.05) is 25.7 Å². The molecule has 0 aliphatic heterocycles. The van der Waals surface area contributed by atoms with Gasteiger partial charge in [-0.2, -0.15) is 0 Å². The second-order valence-electron chi connectivity index (χ2n) is 32.0. The van der Waals surface area contributed by atoms with E-state index in [4.69, 9.17) is 37.0 Å². The van der Waals surface area contributed by atoms with Gasteiger partial charge in [-0.3, -0.25) is 37.3 Å². The molecule has 0 fully saturated rings. The summed E-state index contributed by atoms with van der Waals surface area (Å²) in [5, 5.41) is 10.7. The van der Waals surface area contributed by atoms with Crippen molar-refractivity contribution in [3.05, 3.63) is 0 Å². The van der Waals surface area contributed by atoms with Gasteiger partial charge in [-0.15, -0.1) is 0 Å². The summed E-state index contributed by atoms with van der Waals surface area (Å²) in [6, 6.07) is 0. The molecule has 3 unspecified atom stereocenters. The Morgan fingerprint density at radius 1 is 0.274 bits per heavy atom. The van der Waals surface area contributed by atoms with Crippen molar-refractivity contribution in [3.63, 3.8) is 0 Å². The van der Waals surface area contributed by atoms with Gasteiger partial charge in [0.2, 0.25) is 0 Å². The minimum absolute atomic E-state index is 0.109. The number of hydrogen-bond acceptors (Lipinski definition) is 15. The number of ether oxygens (including phenoxy) is 4. The Balaban J connectivity index is 5.24. The Bertz CT molecular complexity index is 2030. The van der Waals surface area contributed by atoms with Crippen molar-refractivity contribution in [1.82, 2.24) is 0 Å². The normalized spacial score (nSPS) is 14.1. The molecule has 3 N–H and O–H groups in total. The Hall–Kier alpha value is -1.94. The minimum atomic E-state index is -4.97. The molecule has 0 amide bonds. The van der Waals surface area contributed by atoms with E-state index in [0.29, 0.717) is 25.7 Å². The van der Waals surface area contributed by atoms with Crippen LogP contribution >= 0.6 is 15.6 Å². The van der Waals surface area contributed by atoms with Crippen molar-refractivity contribution in [2.24, 2.45) is 11.8 Å². The molecule has 0 aromatic heterocycles. The number of esters is 4. The molecule has 0 aliphatic rings. The van der Waals surface area contributed by atoms with Crippen LogP contribution in [-0.2, 0) is 65.4 Å². The fourth-order valence-corrected chi connectivity index (χ4v) is 15.1. The smallest absolute Gasteiger partial charge is 0.462 e. The maximum Gasteiger partial charge on any atom is 0.472 e. The first-order valence-electron chi connectivity index (χ1n) is 45.0. The Morgan fingerprint density at radius 2 is 0.481 bits per heavy atom. The maximum absolute atomic E-state index is 13.2. The van der Waals surface area contributed by atoms with E-state index in [1.165, 1.54) is 283 Å². The van der Waals surface area contributed by atoms with Crippen LogP contribution in [0.5, 0.6) is 0 Å². The summed E-state index contributed by atoms with van der Waals surface area (Å²) in [6.07, 6.45) is 70.6. The molecule has 0 rings (SSSR count). The average Bonchev–Trinajstić information content (AvgIpc) is 0.902. The third kappa shape index (κ3) is 78.7. The topological polar surface area (TPSA) is 237 Å². The zero-order chi connectivity index (χ0) is 77.8. The van der Waals surface area contributed by atoms with Crippen LogP contribution in [0.1, 0.15) is 465 Å². The van der Waals surface area contributed by atoms with E-state index >= 15 is 0 Å². The largest absolute Gasteiger partial charge is 0.472 e. The van der Waals surface area contributed by atoms with Gasteiger partial charge in [-0.25, -0.2) is 9.13 Å². The Morgan fingerprint density at radius 3 is 0.717 bits per heavy atom. The first kappa shape index (κ1) is 104. The fraction of sp³-hybridized carbons (Fsp3) is 0.954. The molecule has 0 aromatic carbocycles. The van der Waals surface area contributed by atoms with Crippen molar-refractivity contribution in [2.75, 3.05) is 39.6 Å². The molecule has 0 aliphatic carbocycles. The molecule has 630 valence electrons. The molecular formula is C87H170O17P2. The third-order valence-corrected chi connectivity index (χ3v) is 22.7. The second kappa shape index (κ2) is 78.3. The van der Waals surface area contributed by atoms with Crippen LogP contribution in [0, 0.1) is 11.8 Å². The summed E-state index contributed by atoms with van der Waals surface area (Å²) in [4.78, 5) is 73.3. The van der Waals surface area contributed by atoms with E-state index < -0.39 is 97.5 Å². The number of aliphatic hydroxyl groups excluding tert-OH is 1.